The number of carbonyl (C=O) groups is 1. The summed E-state index contributed by atoms with van der Waals surface area (Å²) in [5, 5.41) is 1.82. The molecule has 1 atom stereocenters. The summed E-state index contributed by atoms with van der Waals surface area (Å²) >= 11 is 1.54. The Morgan fingerprint density at radius 2 is 2.20 bits per heavy atom. The quantitative estimate of drug-likeness (QED) is 0.706. The van der Waals surface area contributed by atoms with Gasteiger partial charge in [-0.25, -0.2) is 4.98 Å². The number of aryl methyl sites for hydroxylation is 1. The monoisotopic (exact) mass is 352 g/mol. The van der Waals surface area contributed by atoms with E-state index in [1.165, 1.54) is 21.5 Å². The van der Waals surface area contributed by atoms with Gasteiger partial charge in [0.25, 0.3) is 0 Å². The molecule has 1 aliphatic heterocycles. The summed E-state index contributed by atoms with van der Waals surface area (Å²) in [4.78, 5) is 24.4. The van der Waals surface area contributed by atoms with Crippen LogP contribution >= 0.6 is 11.3 Å². The van der Waals surface area contributed by atoms with Gasteiger partial charge in [-0.3, -0.25) is 4.79 Å². The lowest BCUT2D eigenvalue weighted by atomic mass is 9.89. The standard InChI is InChI=1S/C19H20N4OS/c20-19-22-17-12(5-3-7-16(17)25-19)18(24)23-9-8-15-13(10-23)11-4-1-2-6-14(11)21-15/h1-2,4,6,12,21H,3,5,7-10H2,(H2,20,22). The number of aromatic nitrogens is 2. The number of nitrogens with one attached hydrogen (secondary N) is 1. The van der Waals surface area contributed by atoms with Gasteiger partial charge < -0.3 is 15.6 Å². The van der Waals surface area contributed by atoms with Crippen molar-refractivity contribution in [2.45, 2.75) is 38.1 Å². The van der Waals surface area contributed by atoms with Gasteiger partial charge in [0, 0.05) is 46.5 Å². The largest absolute Gasteiger partial charge is 0.375 e. The second-order valence-corrected chi connectivity index (χ2v) is 8.06. The summed E-state index contributed by atoms with van der Waals surface area (Å²) in [6, 6.07) is 8.34. The molecule has 0 fully saturated rings. The molecule has 1 unspecified atom stereocenters. The third-order valence-electron chi connectivity index (χ3n) is 5.46. The van der Waals surface area contributed by atoms with Crippen molar-refractivity contribution < 1.29 is 4.79 Å². The second-order valence-electron chi connectivity index (χ2n) is 6.94. The summed E-state index contributed by atoms with van der Waals surface area (Å²) in [5.74, 6) is 0.0891. The number of hydrogen-bond donors (Lipinski definition) is 2. The molecule has 0 spiro atoms. The lowest BCUT2D eigenvalue weighted by molar-refractivity contribution is -0.134. The van der Waals surface area contributed by atoms with Gasteiger partial charge in [0.05, 0.1) is 11.6 Å². The minimum absolute atomic E-state index is 0.121. The number of nitrogens with two attached hydrogens (primary N) is 1. The summed E-state index contributed by atoms with van der Waals surface area (Å²) in [5.41, 5.74) is 10.5. The van der Waals surface area contributed by atoms with Crippen LogP contribution < -0.4 is 5.73 Å². The van der Waals surface area contributed by atoms with E-state index in [0.29, 0.717) is 11.7 Å². The molecule has 6 heteroatoms. The Morgan fingerprint density at radius 3 is 3.12 bits per heavy atom. The van der Waals surface area contributed by atoms with E-state index >= 15 is 0 Å². The third kappa shape index (κ3) is 2.35. The number of H-pyrrole nitrogens is 1. The van der Waals surface area contributed by atoms with Crippen molar-refractivity contribution in [3.05, 3.63) is 46.1 Å². The Bertz CT molecular complexity index is 973. The molecule has 0 saturated heterocycles. The highest BCUT2D eigenvalue weighted by atomic mass is 32.1. The molecule has 5 nitrogen and oxygen atoms in total. The highest BCUT2D eigenvalue weighted by Crippen LogP contribution is 2.38. The molecular weight excluding hydrogens is 332 g/mol. The van der Waals surface area contributed by atoms with Crippen molar-refractivity contribution in [3.63, 3.8) is 0 Å². The van der Waals surface area contributed by atoms with Gasteiger partial charge in [0.2, 0.25) is 5.91 Å². The van der Waals surface area contributed by atoms with Crippen molar-refractivity contribution in [1.82, 2.24) is 14.9 Å². The Morgan fingerprint density at radius 1 is 1.32 bits per heavy atom. The molecular formula is C19H20N4OS. The first-order valence-corrected chi connectivity index (χ1v) is 9.64. The first-order chi connectivity index (χ1) is 12.2. The lowest BCUT2D eigenvalue weighted by Gasteiger charge is -2.31. The zero-order chi connectivity index (χ0) is 17.0. The average Bonchev–Trinajstić information content (AvgIpc) is 3.19. The maximum absolute atomic E-state index is 13.2. The van der Waals surface area contributed by atoms with Crippen LogP contribution in [-0.2, 0) is 24.2 Å². The molecule has 0 radical (unpaired) electrons. The average molecular weight is 352 g/mol. The van der Waals surface area contributed by atoms with Gasteiger partial charge in [-0.15, -0.1) is 11.3 Å². The fraction of sp³-hybridized carbons (Fsp3) is 0.368. The van der Waals surface area contributed by atoms with Gasteiger partial charge in [0.15, 0.2) is 5.13 Å². The number of benzene rings is 1. The molecule has 2 aliphatic rings. The lowest BCUT2D eigenvalue weighted by Crippen LogP contribution is -2.39. The zero-order valence-corrected chi connectivity index (χ0v) is 14.7. The predicted octanol–water partition coefficient (Wildman–Crippen LogP) is 3.21. The fourth-order valence-corrected chi connectivity index (χ4v) is 5.19. The summed E-state index contributed by atoms with van der Waals surface area (Å²) in [6.45, 7) is 1.45. The van der Waals surface area contributed by atoms with Gasteiger partial charge in [-0.05, 0) is 25.3 Å². The van der Waals surface area contributed by atoms with Crippen LogP contribution in [0.15, 0.2) is 24.3 Å². The molecule has 3 N–H and O–H groups in total. The number of nitrogens with zero attached hydrogens (tertiary/aromatic N) is 2. The van der Waals surface area contributed by atoms with Crippen LogP contribution in [-0.4, -0.2) is 27.3 Å². The molecule has 25 heavy (non-hydrogen) atoms. The van der Waals surface area contributed by atoms with E-state index in [2.05, 4.69) is 28.2 Å². The van der Waals surface area contributed by atoms with E-state index in [4.69, 9.17) is 5.73 Å². The van der Waals surface area contributed by atoms with Gasteiger partial charge in [-0.2, -0.15) is 0 Å². The van der Waals surface area contributed by atoms with E-state index < -0.39 is 0 Å². The first kappa shape index (κ1) is 15.0. The molecule has 3 heterocycles. The van der Waals surface area contributed by atoms with Gasteiger partial charge >= 0.3 is 0 Å². The number of nitrogen functional groups attached to an aromatic ring is 1. The first-order valence-electron chi connectivity index (χ1n) is 8.83. The van der Waals surface area contributed by atoms with Gasteiger partial charge in [0.1, 0.15) is 0 Å². The molecule has 0 bridgehead atoms. The number of fused-ring (bicyclic) bond motifs is 4. The summed E-state index contributed by atoms with van der Waals surface area (Å²) in [7, 11) is 0. The van der Waals surface area contributed by atoms with E-state index in [0.717, 1.165) is 43.4 Å². The number of para-hydroxylation sites is 1. The zero-order valence-electron chi connectivity index (χ0n) is 13.9. The fourth-order valence-electron chi connectivity index (χ4n) is 4.25. The Labute approximate surface area is 149 Å². The molecule has 5 rings (SSSR count). The number of carbonyl (C=O) groups excluding carboxylic acids is 1. The van der Waals surface area contributed by atoms with Crippen molar-refractivity contribution >= 4 is 33.3 Å². The van der Waals surface area contributed by atoms with Crippen LogP contribution in [0.5, 0.6) is 0 Å². The number of anilines is 1. The normalized spacial score (nSPS) is 19.7. The Balaban J connectivity index is 1.46. The Kier molecular flexibility index (Phi) is 3.35. The molecule has 3 aromatic rings. The number of hydrogen-bond acceptors (Lipinski definition) is 4. The van der Waals surface area contributed by atoms with Crippen LogP contribution in [0.1, 0.15) is 40.6 Å². The van der Waals surface area contributed by atoms with Crippen LogP contribution in [0.3, 0.4) is 0 Å². The SMILES string of the molecule is Nc1nc2c(s1)CCCC2C(=O)N1CCc2[nH]c3ccccc3c2C1. The molecule has 2 aromatic heterocycles. The van der Waals surface area contributed by atoms with E-state index in [1.54, 1.807) is 11.3 Å². The number of aromatic amines is 1. The molecule has 1 amide bonds. The summed E-state index contributed by atoms with van der Waals surface area (Å²) < 4.78 is 0. The van der Waals surface area contributed by atoms with Crippen molar-refractivity contribution in [2.75, 3.05) is 12.3 Å². The molecule has 1 aliphatic carbocycles. The van der Waals surface area contributed by atoms with Crippen LogP contribution in [0.2, 0.25) is 0 Å². The highest BCUT2D eigenvalue weighted by molar-refractivity contribution is 7.15. The van der Waals surface area contributed by atoms with E-state index in [1.807, 2.05) is 11.0 Å². The number of amides is 1. The van der Waals surface area contributed by atoms with Crippen LogP contribution in [0.4, 0.5) is 5.13 Å². The predicted molar refractivity (Wildman–Crippen MR) is 99.6 cm³/mol. The number of thiazole rings is 1. The minimum Gasteiger partial charge on any atom is -0.375 e. The minimum atomic E-state index is -0.121. The number of rotatable bonds is 1. The maximum Gasteiger partial charge on any atom is 0.232 e. The molecule has 1 aromatic carbocycles. The second kappa shape index (κ2) is 5.59. The maximum atomic E-state index is 13.2. The van der Waals surface area contributed by atoms with Gasteiger partial charge in [-0.1, -0.05) is 18.2 Å². The smallest absolute Gasteiger partial charge is 0.232 e. The van der Waals surface area contributed by atoms with Crippen LogP contribution in [0, 0.1) is 0 Å². The van der Waals surface area contributed by atoms with Crippen molar-refractivity contribution in [2.24, 2.45) is 0 Å². The van der Waals surface area contributed by atoms with Crippen molar-refractivity contribution in [3.8, 4) is 0 Å². The Hall–Kier alpha value is -2.34. The van der Waals surface area contributed by atoms with Crippen LogP contribution in [0.25, 0.3) is 10.9 Å². The summed E-state index contributed by atoms with van der Waals surface area (Å²) in [6.07, 6.45) is 3.80. The van der Waals surface area contributed by atoms with E-state index in [9.17, 15) is 4.79 Å². The van der Waals surface area contributed by atoms with Crippen molar-refractivity contribution in [1.29, 1.82) is 0 Å². The third-order valence-corrected chi connectivity index (χ3v) is 6.42. The van der Waals surface area contributed by atoms with E-state index in [-0.39, 0.29) is 11.8 Å². The molecule has 0 saturated carbocycles. The highest BCUT2D eigenvalue weighted by Gasteiger charge is 2.34. The molecule has 128 valence electrons. The topological polar surface area (TPSA) is 75.0 Å².